The van der Waals surface area contributed by atoms with Gasteiger partial charge in [-0.05, 0) is 49.1 Å². The Balaban J connectivity index is 1.47. The van der Waals surface area contributed by atoms with Gasteiger partial charge in [0, 0.05) is 49.4 Å². The molecule has 0 spiro atoms. The monoisotopic (exact) mass is 673 g/mol. The Morgan fingerprint density at radius 1 is 1.15 bits per heavy atom. The summed E-state index contributed by atoms with van der Waals surface area (Å²) in [6.07, 6.45) is 2.57. The summed E-state index contributed by atoms with van der Waals surface area (Å²) in [4.78, 5) is 31.1. The minimum Gasteiger partial charge on any atom is -0.493 e. The van der Waals surface area contributed by atoms with Crippen molar-refractivity contribution in [3.8, 4) is 17.2 Å². The number of sulfonamides is 1. The lowest BCUT2D eigenvalue weighted by Gasteiger charge is -2.31. The van der Waals surface area contributed by atoms with Gasteiger partial charge >= 0.3 is 5.97 Å². The van der Waals surface area contributed by atoms with Crippen molar-refractivity contribution in [1.82, 2.24) is 9.21 Å². The molecule has 5 rings (SSSR count). The number of carboxylic acid groups (broad SMARTS) is 1. The van der Waals surface area contributed by atoms with Gasteiger partial charge in [0.15, 0.2) is 11.5 Å². The summed E-state index contributed by atoms with van der Waals surface area (Å²) in [6, 6.07) is 11.1. The highest BCUT2D eigenvalue weighted by atomic mass is 32.2. The second kappa shape index (κ2) is 14.4. The van der Waals surface area contributed by atoms with Crippen molar-refractivity contribution in [2.45, 2.75) is 51.1 Å². The van der Waals surface area contributed by atoms with Gasteiger partial charge in [-0.25, -0.2) is 12.7 Å². The fourth-order valence-corrected chi connectivity index (χ4v) is 8.66. The van der Waals surface area contributed by atoms with E-state index in [9.17, 15) is 23.1 Å². The minimum absolute atomic E-state index is 0.00264. The normalized spacial score (nSPS) is 22.4. The average molecular weight is 674 g/mol. The molecule has 47 heavy (non-hydrogen) atoms. The van der Waals surface area contributed by atoms with Gasteiger partial charge in [0.1, 0.15) is 6.54 Å². The Bertz CT molecular complexity index is 1560. The third-order valence-electron chi connectivity index (χ3n) is 9.27. The second-order valence-electron chi connectivity index (χ2n) is 13.8. The van der Waals surface area contributed by atoms with Crippen molar-refractivity contribution in [2.24, 2.45) is 5.92 Å². The minimum atomic E-state index is -3.37. The number of methoxy groups -OCH3 is 1. The fraction of sp³-hybridized carbons (Fsp3) is 0.588. The molecule has 2 aromatic carbocycles. The lowest BCUT2D eigenvalue weighted by atomic mass is 9.84. The molecule has 13 heteroatoms. The molecule has 1 N–H and O–H groups in total. The van der Waals surface area contributed by atoms with Gasteiger partial charge in [0.25, 0.3) is 0 Å². The van der Waals surface area contributed by atoms with Crippen molar-refractivity contribution in [2.75, 3.05) is 78.4 Å². The van der Waals surface area contributed by atoms with Crippen molar-refractivity contribution < 1.29 is 41.8 Å². The Morgan fingerprint density at radius 3 is 2.60 bits per heavy atom. The quantitative estimate of drug-likeness (QED) is 0.301. The summed E-state index contributed by atoms with van der Waals surface area (Å²) in [5, 5.41) is 10.7. The predicted molar refractivity (Wildman–Crippen MR) is 178 cm³/mol. The predicted octanol–water partition coefficient (Wildman–Crippen LogP) is 3.36. The molecule has 3 heterocycles. The zero-order valence-electron chi connectivity index (χ0n) is 28.2. The maximum Gasteiger partial charge on any atom is 0.308 e. The molecule has 3 aliphatic heterocycles. The third-order valence-corrected chi connectivity index (χ3v) is 11.2. The number of rotatable bonds is 14. The number of nitrogens with zero attached hydrogens (tertiary/aromatic N) is 4. The molecular weight excluding hydrogens is 624 g/mol. The van der Waals surface area contributed by atoms with Gasteiger partial charge in [-0.2, -0.15) is 0 Å². The van der Waals surface area contributed by atoms with Crippen LogP contribution in [0.1, 0.15) is 49.7 Å². The molecular formula is C34H49N4O8S+. The van der Waals surface area contributed by atoms with Crippen LogP contribution >= 0.6 is 0 Å². The van der Waals surface area contributed by atoms with Crippen LogP contribution in [-0.2, 0) is 26.2 Å². The number of quaternary nitrogens is 1. The van der Waals surface area contributed by atoms with Crippen LogP contribution in [-0.4, -0.2) is 119 Å². The number of anilines is 1. The number of hydrogen-bond donors (Lipinski definition) is 1. The van der Waals surface area contributed by atoms with Gasteiger partial charge in [-0.1, -0.05) is 25.5 Å². The van der Waals surface area contributed by atoms with E-state index in [0.717, 1.165) is 35.1 Å². The Hall–Kier alpha value is -3.39. The summed E-state index contributed by atoms with van der Waals surface area (Å²) in [5.74, 6) is -0.995. The van der Waals surface area contributed by atoms with E-state index >= 15 is 0 Å². The van der Waals surface area contributed by atoms with E-state index in [1.165, 1.54) is 11.4 Å². The van der Waals surface area contributed by atoms with Crippen LogP contribution in [0.25, 0.3) is 0 Å². The zero-order valence-corrected chi connectivity index (χ0v) is 29.0. The average Bonchev–Trinajstić information content (AvgIpc) is 3.71. The zero-order chi connectivity index (χ0) is 33.9. The highest BCUT2D eigenvalue weighted by Crippen LogP contribution is 2.47. The molecule has 3 aliphatic rings. The summed E-state index contributed by atoms with van der Waals surface area (Å²) in [6.45, 7) is 4.39. The number of unbranched alkanes of at least 4 members (excludes halogenated alkanes) is 1. The molecule has 12 nitrogen and oxygen atoms in total. The molecule has 2 fully saturated rings. The van der Waals surface area contributed by atoms with E-state index < -0.39 is 33.9 Å². The van der Waals surface area contributed by atoms with Crippen LogP contribution in [0.15, 0.2) is 36.4 Å². The molecule has 0 radical (unpaired) electrons. The number of hydrogen-bond acceptors (Lipinski definition) is 8. The van der Waals surface area contributed by atoms with Crippen molar-refractivity contribution in [3.63, 3.8) is 0 Å². The first-order valence-electron chi connectivity index (χ1n) is 16.4. The number of carbonyl (C=O) groups excluding carboxylic acids is 1. The third kappa shape index (κ3) is 8.02. The molecule has 0 bridgehead atoms. The molecule has 258 valence electrons. The number of carbonyl (C=O) groups is 2. The molecule has 2 aromatic rings. The largest absolute Gasteiger partial charge is 0.493 e. The standard InChI is InChI=1S/C34H48N4O8S/c1-6-7-14-37(26-11-8-10-24(17-26)22-38(2,3)4)31(39)21-35-20-27(25-18-29(44-5)33-30(19-25)45-23-46-33)32(34(40)41)28(35)12-15-36-13-9-16-47(36,42)43/h8,10-11,17-19,27-28,32H,6-7,9,12-16,20-23H2,1-5H3/p+1/t27-,28+,32?/m1/s1. The van der Waals surface area contributed by atoms with Crippen LogP contribution in [0.4, 0.5) is 5.69 Å². The molecule has 0 aliphatic carbocycles. The Kier molecular flexibility index (Phi) is 10.7. The number of benzene rings is 2. The summed E-state index contributed by atoms with van der Waals surface area (Å²) < 4.78 is 44.3. The number of carboxylic acids is 1. The molecule has 0 aromatic heterocycles. The van der Waals surface area contributed by atoms with E-state index in [-0.39, 0.29) is 38.0 Å². The maximum atomic E-state index is 14.3. The summed E-state index contributed by atoms with van der Waals surface area (Å²) in [7, 11) is 4.52. The number of aliphatic carboxylic acids is 1. The van der Waals surface area contributed by atoms with Crippen LogP contribution in [0.3, 0.4) is 0 Å². The highest BCUT2D eigenvalue weighted by Gasteiger charge is 2.48. The first-order chi connectivity index (χ1) is 22.3. The molecule has 0 saturated carbocycles. The number of fused-ring (bicyclic) bond motifs is 1. The Morgan fingerprint density at radius 2 is 1.94 bits per heavy atom. The highest BCUT2D eigenvalue weighted by molar-refractivity contribution is 7.89. The molecule has 3 atom stereocenters. The van der Waals surface area contributed by atoms with Crippen molar-refractivity contribution in [1.29, 1.82) is 0 Å². The van der Waals surface area contributed by atoms with Crippen molar-refractivity contribution >= 4 is 27.6 Å². The topological polar surface area (TPSA) is 126 Å². The lowest BCUT2D eigenvalue weighted by molar-refractivity contribution is -0.884. The van der Waals surface area contributed by atoms with E-state index in [1.54, 1.807) is 12.1 Å². The van der Waals surface area contributed by atoms with E-state index in [0.29, 0.717) is 48.9 Å². The first-order valence-corrected chi connectivity index (χ1v) is 18.0. The smallest absolute Gasteiger partial charge is 0.308 e. The fourth-order valence-electron chi connectivity index (χ4n) is 7.12. The maximum absolute atomic E-state index is 14.3. The number of ether oxygens (including phenoxy) is 3. The first kappa shape index (κ1) is 34.9. The molecule has 2 saturated heterocycles. The van der Waals surface area contributed by atoms with Gasteiger partial charge in [0.05, 0.1) is 46.5 Å². The molecule has 1 unspecified atom stereocenters. The van der Waals surface area contributed by atoms with Crippen LogP contribution in [0.5, 0.6) is 17.2 Å². The van der Waals surface area contributed by atoms with Gasteiger partial charge < -0.3 is 28.7 Å². The number of likely N-dealkylation sites (tertiary alicyclic amines) is 1. The van der Waals surface area contributed by atoms with Gasteiger partial charge in [0.2, 0.25) is 28.5 Å². The Labute approximate surface area is 278 Å². The van der Waals surface area contributed by atoms with Crippen LogP contribution in [0.2, 0.25) is 0 Å². The number of amides is 1. The second-order valence-corrected chi connectivity index (χ2v) is 15.9. The molecule has 1 amide bonds. The van der Waals surface area contributed by atoms with E-state index in [2.05, 4.69) is 40.2 Å². The summed E-state index contributed by atoms with van der Waals surface area (Å²) >= 11 is 0. The van der Waals surface area contributed by atoms with Gasteiger partial charge in [-0.15, -0.1) is 0 Å². The van der Waals surface area contributed by atoms with Crippen LogP contribution < -0.4 is 19.1 Å². The lowest BCUT2D eigenvalue weighted by Crippen LogP contribution is -2.45. The SMILES string of the molecule is CCCCN(C(=O)CN1C[C@H](c2cc(OC)c3c(c2)OCO3)C(C(=O)O)[C@@H]1CCN1CCCS1(=O)=O)c1cccc(C[N+](C)(C)C)c1. The van der Waals surface area contributed by atoms with Gasteiger partial charge in [-0.3, -0.25) is 14.5 Å². The van der Waals surface area contributed by atoms with Crippen molar-refractivity contribution in [3.05, 3.63) is 47.5 Å². The van der Waals surface area contributed by atoms with Crippen LogP contribution in [0, 0.1) is 5.92 Å². The van der Waals surface area contributed by atoms with E-state index in [1.807, 2.05) is 21.9 Å². The summed E-state index contributed by atoms with van der Waals surface area (Å²) in [5.41, 5.74) is 2.65. The van der Waals surface area contributed by atoms with E-state index in [4.69, 9.17) is 14.2 Å².